The third-order valence-electron chi connectivity index (χ3n) is 5.17. The van der Waals surface area contributed by atoms with Crippen molar-refractivity contribution in [3.8, 4) is 0 Å². The molecule has 0 fully saturated rings. The molecule has 0 aliphatic carbocycles. The summed E-state index contributed by atoms with van der Waals surface area (Å²) in [6, 6.07) is 3.97. The van der Waals surface area contributed by atoms with E-state index >= 15 is 0 Å². The maximum atomic E-state index is 12.5. The van der Waals surface area contributed by atoms with Gasteiger partial charge in [-0.1, -0.05) is 11.6 Å². The van der Waals surface area contributed by atoms with Crippen LogP contribution >= 0.6 is 22.9 Å². The van der Waals surface area contributed by atoms with E-state index in [1.165, 1.54) is 53.8 Å². The third kappa shape index (κ3) is 7.61. The van der Waals surface area contributed by atoms with Crippen LogP contribution in [0.1, 0.15) is 15.3 Å². The van der Waals surface area contributed by atoms with Crippen LogP contribution in [0.2, 0.25) is 5.02 Å². The zero-order valence-electron chi connectivity index (χ0n) is 19.6. The van der Waals surface area contributed by atoms with Gasteiger partial charge in [0.1, 0.15) is 11.9 Å². The summed E-state index contributed by atoms with van der Waals surface area (Å²) in [6.07, 6.45) is 5.38. The molecule has 0 bridgehead atoms. The number of halogens is 1. The molecule has 2 aromatic rings. The van der Waals surface area contributed by atoms with Crippen LogP contribution in [0.4, 0.5) is 5.82 Å². The Morgan fingerprint density at radius 2 is 2.03 bits per heavy atom. The Labute approximate surface area is 212 Å². The molecule has 3 heterocycles. The number of amides is 4. The number of nitrogens with one attached hydrogen (secondary N) is 3. The van der Waals surface area contributed by atoms with Gasteiger partial charge in [0, 0.05) is 55.8 Å². The van der Waals surface area contributed by atoms with E-state index in [1.807, 2.05) is 0 Å². The third-order valence-corrected chi connectivity index (χ3v) is 6.60. The van der Waals surface area contributed by atoms with Crippen molar-refractivity contribution in [2.24, 2.45) is 0 Å². The van der Waals surface area contributed by atoms with Gasteiger partial charge < -0.3 is 25.8 Å². The lowest BCUT2D eigenvalue weighted by Crippen LogP contribution is -2.53. The number of aromatic nitrogens is 1. The van der Waals surface area contributed by atoms with Crippen molar-refractivity contribution in [2.45, 2.75) is 19.0 Å². The number of likely N-dealkylation sites (N-methyl/N-ethyl adjacent to an activating group) is 2. The maximum absolute atomic E-state index is 12.5. The molecule has 0 spiro atoms. The van der Waals surface area contributed by atoms with Crippen molar-refractivity contribution in [1.82, 2.24) is 25.4 Å². The molecule has 0 saturated heterocycles. The predicted octanol–water partition coefficient (Wildman–Crippen LogP) is 1.13. The van der Waals surface area contributed by atoms with E-state index in [9.17, 15) is 19.2 Å². The van der Waals surface area contributed by atoms with Crippen molar-refractivity contribution in [2.75, 3.05) is 39.5 Å². The van der Waals surface area contributed by atoms with Gasteiger partial charge in [-0.2, -0.15) is 0 Å². The maximum Gasteiger partial charge on any atom is 0.314 e. The topological polar surface area (TPSA) is 124 Å². The second-order valence-electron chi connectivity index (χ2n) is 8.24. The largest absolute Gasteiger partial charge is 0.347 e. The highest BCUT2D eigenvalue weighted by Gasteiger charge is 2.24. The van der Waals surface area contributed by atoms with Gasteiger partial charge in [0.15, 0.2) is 0 Å². The molecule has 10 nitrogen and oxygen atoms in total. The van der Waals surface area contributed by atoms with E-state index in [2.05, 4.69) is 38.9 Å². The Hall–Kier alpha value is -3.28. The number of carbonyl (C=O) groups excluding carboxylic acids is 4. The van der Waals surface area contributed by atoms with Gasteiger partial charge in [-0.25, -0.2) is 4.98 Å². The number of fused-ring (bicyclic) bond motifs is 1. The minimum atomic E-state index is -1.06. The molecule has 1 atom stereocenters. The smallest absolute Gasteiger partial charge is 0.314 e. The highest BCUT2D eigenvalue weighted by molar-refractivity contribution is 7.13. The normalized spacial score (nSPS) is 14.2. The molecule has 3 N–H and O–H groups in total. The van der Waals surface area contributed by atoms with Crippen LogP contribution in [-0.4, -0.2) is 78.7 Å². The number of rotatable bonds is 7. The minimum Gasteiger partial charge on any atom is -0.347 e. The molecule has 1 unspecified atom stereocenters. The van der Waals surface area contributed by atoms with Gasteiger partial charge in [-0.15, -0.1) is 11.3 Å². The number of anilines is 1. The Kier molecular flexibility index (Phi) is 8.96. The summed E-state index contributed by atoms with van der Waals surface area (Å²) >= 11 is 7.39. The first kappa shape index (κ1) is 26.3. The number of hydrogen-bond donors (Lipinski definition) is 3. The van der Waals surface area contributed by atoms with Gasteiger partial charge in [0.05, 0.1) is 5.02 Å². The van der Waals surface area contributed by atoms with Crippen LogP contribution in [0.3, 0.4) is 0 Å². The van der Waals surface area contributed by atoms with Crippen molar-refractivity contribution < 1.29 is 19.2 Å². The monoisotopic (exact) mass is 518 g/mol. The predicted molar refractivity (Wildman–Crippen MR) is 135 cm³/mol. The number of nitrogens with zero attached hydrogens (tertiary/aromatic N) is 3. The summed E-state index contributed by atoms with van der Waals surface area (Å²) in [7, 11) is 5.14. The van der Waals surface area contributed by atoms with E-state index in [0.29, 0.717) is 5.02 Å². The minimum absolute atomic E-state index is 0.149. The van der Waals surface area contributed by atoms with Gasteiger partial charge in [0.25, 0.3) is 0 Å². The fourth-order valence-electron chi connectivity index (χ4n) is 3.37. The summed E-state index contributed by atoms with van der Waals surface area (Å²) in [5.74, 6) is -2.71. The number of hydrogen-bond acceptors (Lipinski definition) is 7. The standard InChI is InChI=1S/C23H27ClN6O4S/c1-29(2)23(34)17(12-26-21(32)22(33)28-19-6-4-15(24)11-25-19)27-20(31)7-5-16-10-14-13-30(3)9-8-18(14)35-16/h4-7,10-11,17H,8-9,12-13H2,1-3H3,(H,26,32)(H,27,31)(H,25,28,33). The molecule has 0 radical (unpaired) electrons. The van der Waals surface area contributed by atoms with E-state index in [0.717, 1.165) is 24.4 Å². The molecule has 0 aromatic carbocycles. The van der Waals surface area contributed by atoms with E-state index in [1.54, 1.807) is 17.4 Å². The van der Waals surface area contributed by atoms with Crippen LogP contribution < -0.4 is 16.0 Å². The highest BCUT2D eigenvalue weighted by atomic mass is 35.5. The summed E-state index contributed by atoms with van der Waals surface area (Å²) < 4.78 is 0. The van der Waals surface area contributed by atoms with Crippen molar-refractivity contribution in [3.63, 3.8) is 0 Å². The molecule has 35 heavy (non-hydrogen) atoms. The Bertz CT molecular complexity index is 1130. The molecule has 2 aromatic heterocycles. The van der Waals surface area contributed by atoms with Gasteiger partial charge >= 0.3 is 11.8 Å². The lowest BCUT2D eigenvalue weighted by atomic mass is 10.1. The zero-order chi connectivity index (χ0) is 25.5. The van der Waals surface area contributed by atoms with Crippen LogP contribution in [0.5, 0.6) is 0 Å². The summed E-state index contributed by atoms with van der Waals surface area (Å²) in [5.41, 5.74) is 1.26. The molecule has 3 rings (SSSR count). The van der Waals surface area contributed by atoms with Crippen molar-refractivity contribution in [3.05, 3.63) is 50.8 Å². The zero-order valence-corrected chi connectivity index (χ0v) is 21.2. The Morgan fingerprint density at radius 1 is 1.26 bits per heavy atom. The molecular weight excluding hydrogens is 492 g/mol. The molecule has 1 aliphatic rings. The van der Waals surface area contributed by atoms with Crippen LogP contribution in [0, 0.1) is 0 Å². The van der Waals surface area contributed by atoms with Crippen molar-refractivity contribution >= 4 is 58.5 Å². The highest BCUT2D eigenvalue weighted by Crippen LogP contribution is 2.28. The molecule has 1 aliphatic heterocycles. The average Bonchev–Trinajstić information content (AvgIpc) is 3.23. The molecule has 0 saturated carbocycles. The van der Waals surface area contributed by atoms with Gasteiger partial charge in [-0.05, 0) is 43.3 Å². The van der Waals surface area contributed by atoms with Crippen LogP contribution in [0.25, 0.3) is 6.08 Å². The van der Waals surface area contributed by atoms with E-state index in [4.69, 9.17) is 11.6 Å². The average molecular weight is 519 g/mol. The first-order valence-electron chi connectivity index (χ1n) is 10.8. The second kappa shape index (κ2) is 11.9. The van der Waals surface area contributed by atoms with Gasteiger partial charge in [-0.3, -0.25) is 19.2 Å². The van der Waals surface area contributed by atoms with E-state index < -0.39 is 29.7 Å². The van der Waals surface area contributed by atoms with Crippen LogP contribution in [0.15, 0.2) is 30.5 Å². The first-order chi connectivity index (χ1) is 16.6. The number of thiophene rings is 1. The second-order valence-corrected chi connectivity index (χ2v) is 9.84. The lowest BCUT2D eigenvalue weighted by Gasteiger charge is -2.21. The number of pyridine rings is 1. The first-order valence-corrected chi connectivity index (χ1v) is 12.0. The molecule has 186 valence electrons. The van der Waals surface area contributed by atoms with Crippen LogP contribution in [-0.2, 0) is 32.1 Å². The number of carbonyl (C=O) groups is 4. The van der Waals surface area contributed by atoms with Crippen molar-refractivity contribution in [1.29, 1.82) is 0 Å². The SMILES string of the molecule is CN1CCc2sc(C=CC(=O)NC(CNC(=O)C(=O)Nc3ccc(Cl)cn3)C(=O)N(C)C)cc2C1. The molecular formula is C23H27ClN6O4S. The lowest BCUT2D eigenvalue weighted by molar-refractivity contribution is -0.137. The Morgan fingerprint density at radius 3 is 2.71 bits per heavy atom. The quantitative estimate of drug-likeness (QED) is 0.373. The Balaban J connectivity index is 1.57. The molecule has 12 heteroatoms. The fourth-order valence-corrected chi connectivity index (χ4v) is 4.55. The molecule has 4 amide bonds. The van der Waals surface area contributed by atoms with Gasteiger partial charge in [0.2, 0.25) is 11.8 Å². The summed E-state index contributed by atoms with van der Waals surface area (Å²) in [5, 5.41) is 7.68. The fraction of sp³-hybridized carbons (Fsp3) is 0.348. The summed E-state index contributed by atoms with van der Waals surface area (Å²) in [4.78, 5) is 59.0. The van der Waals surface area contributed by atoms with E-state index in [-0.39, 0.29) is 12.4 Å². The summed E-state index contributed by atoms with van der Waals surface area (Å²) in [6.45, 7) is 1.62.